The number of rotatable bonds is 5. The van der Waals surface area contributed by atoms with Crippen molar-refractivity contribution in [1.29, 1.82) is 0 Å². The zero-order valence-corrected chi connectivity index (χ0v) is 14.7. The lowest BCUT2D eigenvalue weighted by Gasteiger charge is -2.26. The molecular formula is C15H18BrNO4S. The van der Waals surface area contributed by atoms with Gasteiger partial charge in [-0.05, 0) is 49.6 Å². The van der Waals surface area contributed by atoms with E-state index in [0.717, 1.165) is 10.0 Å². The van der Waals surface area contributed by atoms with Crippen LogP contribution in [0.1, 0.15) is 26.2 Å². The fraction of sp³-hybridized carbons (Fsp3) is 0.400. The number of hydrogen-bond acceptors (Lipinski definition) is 4. The molecule has 0 aromatic heterocycles. The SMILES string of the molecule is CCOC(=O)CC1=CN(S(=O)(=O)c2ccc(Br)cc2)CCC1. The fourth-order valence-corrected chi connectivity index (χ4v) is 3.93. The molecule has 0 atom stereocenters. The Hall–Kier alpha value is -1.34. The second-order valence-electron chi connectivity index (χ2n) is 4.94. The Morgan fingerprint density at radius 3 is 2.64 bits per heavy atom. The summed E-state index contributed by atoms with van der Waals surface area (Å²) in [5.41, 5.74) is 0.783. The molecule has 0 bridgehead atoms. The first-order chi connectivity index (χ1) is 10.4. The number of carbonyl (C=O) groups is 1. The standard InChI is InChI=1S/C15H18BrNO4S/c1-2-21-15(18)10-12-4-3-9-17(11-12)22(19,20)14-7-5-13(16)6-8-14/h5-8,11H,2-4,9-10H2,1H3. The van der Waals surface area contributed by atoms with Crippen LogP contribution in [-0.2, 0) is 19.6 Å². The maximum atomic E-state index is 12.6. The van der Waals surface area contributed by atoms with Crippen LogP contribution in [0.5, 0.6) is 0 Å². The topological polar surface area (TPSA) is 63.7 Å². The van der Waals surface area contributed by atoms with Gasteiger partial charge in [-0.15, -0.1) is 0 Å². The number of benzene rings is 1. The third-order valence-corrected chi connectivity index (χ3v) is 5.60. The summed E-state index contributed by atoms with van der Waals surface area (Å²) in [5.74, 6) is -0.323. The first-order valence-electron chi connectivity index (χ1n) is 7.06. The van der Waals surface area contributed by atoms with Crippen LogP contribution in [-0.4, -0.2) is 31.8 Å². The molecule has 0 radical (unpaired) electrons. The summed E-state index contributed by atoms with van der Waals surface area (Å²) >= 11 is 3.29. The number of hydrogen-bond donors (Lipinski definition) is 0. The Morgan fingerprint density at radius 2 is 2.00 bits per heavy atom. The van der Waals surface area contributed by atoms with Gasteiger partial charge in [0, 0.05) is 17.2 Å². The van der Waals surface area contributed by atoms with Gasteiger partial charge in [-0.2, -0.15) is 0 Å². The molecule has 1 heterocycles. The molecule has 0 saturated heterocycles. The molecule has 7 heteroatoms. The van der Waals surface area contributed by atoms with Crippen LogP contribution in [0, 0.1) is 0 Å². The molecular weight excluding hydrogens is 370 g/mol. The molecule has 1 aromatic carbocycles. The van der Waals surface area contributed by atoms with Crippen molar-refractivity contribution in [3.63, 3.8) is 0 Å². The number of ether oxygens (including phenoxy) is 1. The number of carbonyl (C=O) groups excluding carboxylic acids is 1. The monoisotopic (exact) mass is 387 g/mol. The van der Waals surface area contributed by atoms with E-state index in [2.05, 4.69) is 15.9 Å². The molecule has 0 saturated carbocycles. The van der Waals surface area contributed by atoms with E-state index in [1.807, 2.05) is 0 Å². The summed E-state index contributed by atoms with van der Waals surface area (Å²) in [6.45, 7) is 2.50. The van der Waals surface area contributed by atoms with Crippen molar-refractivity contribution in [2.75, 3.05) is 13.2 Å². The van der Waals surface area contributed by atoms with Gasteiger partial charge in [-0.25, -0.2) is 8.42 Å². The van der Waals surface area contributed by atoms with Crippen molar-refractivity contribution in [1.82, 2.24) is 4.31 Å². The fourth-order valence-electron chi connectivity index (χ4n) is 2.26. The van der Waals surface area contributed by atoms with Gasteiger partial charge in [-0.3, -0.25) is 9.10 Å². The van der Waals surface area contributed by atoms with Gasteiger partial charge < -0.3 is 4.74 Å². The summed E-state index contributed by atoms with van der Waals surface area (Å²) in [4.78, 5) is 11.8. The quantitative estimate of drug-likeness (QED) is 0.728. The molecule has 0 aliphatic carbocycles. The van der Waals surface area contributed by atoms with Crippen LogP contribution in [0.4, 0.5) is 0 Å². The highest BCUT2D eigenvalue weighted by Gasteiger charge is 2.25. The maximum absolute atomic E-state index is 12.6. The summed E-state index contributed by atoms with van der Waals surface area (Å²) in [6.07, 6.45) is 3.12. The smallest absolute Gasteiger partial charge is 0.309 e. The van der Waals surface area contributed by atoms with Crippen LogP contribution in [0.3, 0.4) is 0 Å². The van der Waals surface area contributed by atoms with Gasteiger partial charge in [0.2, 0.25) is 0 Å². The Labute approximate surface area is 139 Å². The van der Waals surface area contributed by atoms with Crippen molar-refractivity contribution in [2.45, 2.75) is 31.1 Å². The Balaban J connectivity index is 2.20. The highest BCUT2D eigenvalue weighted by Crippen LogP contribution is 2.25. The normalized spacial score (nSPS) is 15.4. The van der Waals surface area contributed by atoms with Gasteiger partial charge in [0.15, 0.2) is 0 Å². The third kappa shape index (κ3) is 4.10. The average Bonchev–Trinajstić information content (AvgIpc) is 2.48. The minimum atomic E-state index is -3.58. The predicted molar refractivity (Wildman–Crippen MR) is 86.6 cm³/mol. The molecule has 0 N–H and O–H groups in total. The zero-order chi connectivity index (χ0) is 16.2. The number of nitrogens with zero attached hydrogens (tertiary/aromatic N) is 1. The molecule has 2 rings (SSSR count). The minimum Gasteiger partial charge on any atom is -0.466 e. The summed E-state index contributed by atoms with van der Waals surface area (Å²) < 4.78 is 32.3. The highest BCUT2D eigenvalue weighted by atomic mass is 79.9. The van der Waals surface area contributed by atoms with Crippen molar-refractivity contribution in [3.8, 4) is 0 Å². The lowest BCUT2D eigenvalue weighted by molar-refractivity contribution is -0.142. The molecule has 0 spiro atoms. The molecule has 1 aliphatic rings. The molecule has 22 heavy (non-hydrogen) atoms. The van der Waals surface area contributed by atoms with E-state index >= 15 is 0 Å². The summed E-state index contributed by atoms with van der Waals surface area (Å²) in [5, 5.41) is 0. The van der Waals surface area contributed by atoms with E-state index in [1.54, 1.807) is 37.4 Å². The Morgan fingerprint density at radius 1 is 1.32 bits per heavy atom. The van der Waals surface area contributed by atoms with Crippen molar-refractivity contribution in [3.05, 3.63) is 40.5 Å². The molecule has 0 fully saturated rings. The average molecular weight is 388 g/mol. The van der Waals surface area contributed by atoms with E-state index in [-0.39, 0.29) is 17.3 Å². The summed E-state index contributed by atoms with van der Waals surface area (Å²) in [7, 11) is -3.58. The maximum Gasteiger partial charge on any atom is 0.309 e. The Bertz CT molecular complexity index is 667. The number of halogens is 1. The van der Waals surface area contributed by atoms with Crippen molar-refractivity contribution in [2.24, 2.45) is 0 Å². The Kier molecular flexibility index (Phi) is 5.63. The molecule has 0 unspecified atom stereocenters. The minimum absolute atomic E-state index is 0.139. The third-order valence-electron chi connectivity index (χ3n) is 3.30. The van der Waals surface area contributed by atoms with Crippen molar-refractivity contribution >= 4 is 31.9 Å². The van der Waals surface area contributed by atoms with Crippen LogP contribution in [0.25, 0.3) is 0 Å². The zero-order valence-electron chi connectivity index (χ0n) is 12.3. The second kappa shape index (κ2) is 7.28. The number of sulfonamides is 1. The van der Waals surface area contributed by atoms with Gasteiger partial charge in [0.25, 0.3) is 10.0 Å². The predicted octanol–water partition coefficient (Wildman–Crippen LogP) is 3.07. The lowest BCUT2D eigenvalue weighted by atomic mass is 10.1. The largest absolute Gasteiger partial charge is 0.466 e. The number of esters is 1. The molecule has 120 valence electrons. The molecule has 5 nitrogen and oxygen atoms in total. The first kappa shape index (κ1) is 17.0. The van der Waals surface area contributed by atoms with Gasteiger partial charge in [0.1, 0.15) is 0 Å². The van der Waals surface area contributed by atoms with E-state index in [1.165, 1.54) is 4.31 Å². The molecule has 0 amide bonds. The van der Waals surface area contributed by atoms with Crippen LogP contribution in [0.15, 0.2) is 45.4 Å². The van der Waals surface area contributed by atoms with Gasteiger partial charge in [-0.1, -0.05) is 15.9 Å². The highest BCUT2D eigenvalue weighted by molar-refractivity contribution is 9.10. The van der Waals surface area contributed by atoms with E-state index in [4.69, 9.17) is 4.74 Å². The van der Waals surface area contributed by atoms with E-state index < -0.39 is 10.0 Å². The second-order valence-corrected chi connectivity index (χ2v) is 7.75. The van der Waals surface area contributed by atoms with E-state index in [0.29, 0.717) is 26.0 Å². The van der Waals surface area contributed by atoms with Crippen LogP contribution in [0.2, 0.25) is 0 Å². The first-order valence-corrected chi connectivity index (χ1v) is 9.29. The molecule has 1 aliphatic heterocycles. The molecule has 1 aromatic rings. The van der Waals surface area contributed by atoms with Gasteiger partial charge >= 0.3 is 5.97 Å². The van der Waals surface area contributed by atoms with Gasteiger partial charge in [0.05, 0.1) is 17.9 Å². The van der Waals surface area contributed by atoms with Crippen molar-refractivity contribution < 1.29 is 17.9 Å². The lowest BCUT2D eigenvalue weighted by Crippen LogP contribution is -2.30. The summed E-state index contributed by atoms with van der Waals surface area (Å²) in [6, 6.07) is 6.51. The van der Waals surface area contributed by atoms with E-state index in [9.17, 15) is 13.2 Å². The van der Waals surface area contributed by atoms with Crippen LogP contribution >= 0.6 is 15.9 Å². The van der Waals surface area contributed by atoms with Crippen LogP contribution < -0.4 is 0 Å².